The van der Waals surface area contributed by atoms with Crippen molar-refractivity contribution in [3.05, 3.63) is 29.6 Å². The van der Waals surface area contributed by atoms with Gasteiger partial charge >= 0.3 is 0 Å². The molecule has 0 aliphatic heterocycles. The summed E-state index contributed by atoms with van der Waals surface area (Å²) in [7, 11) is 0. The first-order chi connectivity index (χ1) is 7.17. The van der Waals surface area contributed by atoms with Gasteiger partial charge in [-0.05, 0) is 31.5 Å². The Kier molecular flexibility index (Phi) is 4.11. The molecule has 1 rings (SSSR count). The quantitative estimate of drug-likeness (QED) is 0.759. The van der Waals surface area contributed by atoms with Crippen LogP contribution in [-0.2, 0) is 0 Å². The highest BCUT2D eigenvalue weighted by molar-refractivity contribution is 5.36. The van der Waals surface area contributed by atoms with Crippen molar-refractivity contribution in [1.29, 1.82) is 5.26 Å². The summed E-state index contributed by atoms with van der Waals surface area (Å²) in [5.74, 6) is -0.257. The fourth-order valence-corrected chi connectivity index (χ4v) is 1.35. The zero-order valence-corrected chi connectivity index (χ0v) is 8.96. The molecule has 1 aromatic carbocycles. The first-order valence-electron chi connectivity index (χ1n) is 5.03. The summed E-state index contributed by atoms with van der Waals surface area (Å²) in [6, 6.07) is 6.12. The van der Waals surface area contributed by atoms with Crippen LogP contribution in [0.15, 0.2) is 18.2 Å². The molecule has 3 heteroatoms. The molecular weight excluding hydrogens is 193 g/mol. The predicted molar refractivity (Wildman–Crippen MR) is 56.1 cm³/mol. The van der Waals surface area contributed by atoms with Crippen LogP contribution in [0.25, 0.3) is 0 Å². The summed E-state index contributed by atoms with van der Waals surface area (Å²) in [6.07, 6.45) is 1.89. The smallest absolute Gasteiger partial charge is 0.166 e. The number of ether oxygens (including phenoxy) is 1. The van der Waals surface area contributed by atoms with Gasteiger partial charge in [-0.1, -0.05) is 13.3 Å². The van der Waals surface area contributed by atoms with Crippen LogP contribution in [0.5, 0.6) is 5.75 Å². The van der Waals surface area contributed by atoms with Crippen LogP contribution >= 0.6 is 0 Å². The highest BCUT2D eigenvalue weighted by atomic mass is 19.1. The zero-order chi connectivity index (χ0) is 11.3. The third-order valence-electron chi connectivity index (χ3n) is 2.08. The lowest BCUT2D eigenvalue weighted by atomic mass is 10.2. The molecule has 2 nitrogen and oxygen atoms in total. The minimum Gasteiger partial charge on any atom is -0.488 e. The van der Waals surface area contributed by atoms with E-state index in [2.05, 4.69) is 6.92 Å². The van der Waals surface area contributed by atoms with Crippen LogP contribution in [0, 0.1) is 17.1 Å². The molecular formula is C12H14FNO. The van der Waals surface area contributed by atoms with E-state index in [9.17, 15) is 4.39 Å². The Morgan fingerprint density at radius 1 is 1.53 bits per heavy atom. The van der Waals surface area contributed by atoms with Gasteiger partial charge in [0.05, 0.1) is 17.7 Å². The molecule has 0 aliphatic rings. The van der Waals surface area contributed by atoms with Crippen LogP contribution in [-0.4, -0.2) is 6.10 Å². The van der Waals surface area contributed by atoms with Crippen molar-refractivity contribution in [2.45, 2.75) is 32.8 Å². The summed E-state index contributed by atoms with van der Waals surface area (Å²) in [5, 5.41) is 8.56. The second kappa shape index (κ2) is 5.35. The van der Waals surface area contributed by atoms with Crippen molar-refractivity contribution in [2.75, 3.05) is 0 Å². The van der Waals surface area contributed by atoms with Crippen molar-refractivity contribution in [3.8, 4) is 11.8 Å². The average molecular weight is 207 g/mol. The normalized spacial score (nSPS) is 11.9. The van der Waals surface area contributed by atoms with Gasteiger partial charge in [-0.2, -0.15) is 5.26 Å². The van der Waals surface area contributed by atoms with E-state index in [0.29, 0.717) is 5.56 Å². The number of nitriles is 1. The third-order valence-corrected chi connectivity index (χ3v) is 2.08. The highest BCUT2D eigenvalue weighted by Crippen LogP contribution is 2.20. The Morgan fingerprint density at radius 2 is 2.27 bits per heavy atom. The van der Waals surface area contributed by atoms with Crippen molar-refractivity contribution in [2.24, 2.45) is 0 Å². The van der Waals surface area contributed by atoms with E-state index in [-0.39, 0.29) is 11.9 Å². The van der Waals surface area contributed by atoms with E-state index in [4.69, 9.17) is 10.00 Å². The maximum Gasteiger partial charge on any atom is 0.166 e. The van der Waals surface area contributed by atoms with Crippen molar-refractivity contribution < 1.29 is 9.13 Å². The molecule has 0 heterocycles. The Bertz CT molecular complexity index is 370. The first-order valence-corrected chi connectivity index (χ1v) is 5.03. The van der Waals surface area contributed by atoms with Gasteiger partial charge in [0.1, 0.15) is 0 Å². The fourth-order valence-electron chi connectivity index (χ4n) is 1.35. The second-order valence-corrected chi connectivity index (χ2v) is 3.47. The number of hydrogen-bond donors (Lipinski definition) is 0. The molecule has 0 amide bonds. The molecule has 80 valence electrons. The number of hydrogen-bond acceptors (Lipinski definition) is 2. The van der Waals surface area contributed by atoms with Gasteiger partial charge in [0, 0.05) is 0 Å². The van der Waals surface area contributed by atoms with Gasteiger partial charge in [0.15, 0.2) is 11.6 Å². The second-order valence-electron chi connectivity index (χ2n) is 3.47. The minimum absolute atomic E-state index is 0.00237. The highest BCUT2D eigenvalue weighted by Gasteiger charge is 2.08. The number of benzene rings is 1. The van der Waals surface area contributed by atoms with Gasteiger partial charge in [-0.15, -0.1) is 0 Å². The van der Waals surface area contributed by atoms with Crippen molar-refractivity contribution in [1.82, 2.24) is 0 Å². The molecule has 0 radical (unpaired) electrons. The van der Waals surface area contributed by atoms with Crippen LogP contribution in [0.4, 0.5) is 4.39 Å². The van der Waals surface area contributed by atoms with Crippen molar-refractivity contribution in [3.63, 3.8) is 0 Å². The Balaban J connectivity index is 2.74. The van der Waals surface area contributed by atoms with E-state index in [1.54, 1.807) is 6.07 Å². The van der Waals surface area contributed by atoms with Gasteiger partial charge in [-0.3, -0.25) is 0 Å². The summed E-state index contributed by atoms with van der Waals surface area (Å²) in [5.41, 5.74) is 0.308. The van der Waals surface area contributed by atoms with E-state index in [1.165, 1.54) is 12.1 Å². The van der Waals surface area contributed by atoms with E-state index in [1.807, 2.05) is 13.0 Å². The first kappa shape index (κ1) is 11.5. The van der Waals surface area contributed by atoms with E-state index < -0.39 is 5.82 Å². The summed E-state index contributed by atoms with van der Waals surface area (Å²) < 4.78 is 18.8. The van der Waals surface area contributed by atoms with Crippen molar-refractivity contribution >= 4 is 0 Å². The molecule has 0 saturated carbocycles. The van der Waals surface area contributed by atoms with Crippen LogP contribution < -0.4 is 4.74 Å². The molecule has 0 saturated heterocycles. The van der Waals surface area contributed by atoms with E-state index >= 15 is 0 Å². The Hall–Kier alpha value is -1.56. The molecule has 0 aliphatic carbocycles. The minimum atomic E-state index is -0.475. The third kappa shape index (κ3) is 3.25. The summed E-state index contributed by atoms with van der Waals surface area (Å²) in [6.45, 7) is 3.95. The molecule has 1 atom stereocenters. The lowest BCUT2D eigenvalue weighted by Crippen LogP contribution is -2.11. The molecule has 1 unspecified atom stereocenters. The number of halogens is 1. The van der Waals surface area contributed by atoms with Gasteiger partial charge in [0.25, 0.3) is 0 Å². The van der Waals surface area contributed by atoms with Crippen LogP contribution in [0.3, 0.4) is 0 Å². The molecule has 0 spiro atoms. The topological polar surface area (TPSA) is 33.0 Å². The number of rotatable bonds is 4. The molecule has 1 aromatic rings. The van der Waals surface area contributed by atoms with Crippen LogP contribution in [0.2, 0.25) is 0 Å². The molecule has 0 fully saturated rings. The zero-order valence-electron chi connectivity index (χ0n) is 8.96. The largest absolute Gasteiger partial charge is 0.488 e. The van der Waals surface area contributed by atoms with E-state index in [0.717, 1.165) is 12.8 Å². The maximum atomic E-state index is 13.4. The molecule has 15 heavy (non-hydrogen) atoms. The monoisotopic (exact) mass is 207 g/mol. The predicted octanol–water partition coefficient (Wildman–Crippen LogP) is 3.26. The van der Waals surface area contributed by atoms with Gasteiger partial charge < -0.3 is 4.74 Å². The van der Waals surface area contributed by atoms with Gasteiger partial charge in [-0.25, -0.2) is 4.39 Å². The van der Waals surface area contributed by atoms with Crippen LogP contribution in [0.1, 0.15) is 32.3 Å². The lowest BCUT2D eigenvalue weighted by molar-refractivity contribution is 0.201. The fraction of sp³-hybridized carbons (Fsp3) is 0.417. The average Bonchev–Trinajstić information content (AvgIpc) is 2.21. The Morgan fingerprint density at radius 3 is 2.80 bits per heavy atom. The maximum absolute atomic E-state index is 13.4. The Labute approximate surface area is 89.3 Å². The standard InChI is InChI=1S/C12H14FNO/c1-3-4-9(2)15-12-6-5-10(8-14)7-11(12)13/h5-7,9H,3-4H2,1-2H3. The molecule has 0 N–H and O–H groups in total. The summed E-state index contributed by atoms with van der Waals surface area (Å²) >= 11 is 0. The van der Waals surface area contributed by atoms with Gasteiger partial charge in [0.2, 0.25) is 0 Å². The summed E-state index contributed by atoms with van der Waals surface area (Å²) in [4.78, 5) is 0. The molecule has 0 aromatic heterocycles. The SMILES string of the molecule is CCCC(C)Oc1ccc(C#N)cc1F. The number of nitrogens with zero attached hydrogens (tertiary/aromatic N) is 1. The molecule has 0 bridgehead atoms. The lowest BCUT2D eigenvalue weighted by Gasteiger charge is -2.14.